The van der Waals surface area contributed by atoms with Gasteiger partial charge in [-0.15, -0.1) is 0 Å². The van der Waals surface area contributed by atoms with Gasteiger partial charge in [-0.3, -0.25) is 4.79 Å². The Morgan fingerprint density at radius 1 is 1.61 bits per heavy atom. The van der Waals surface area contributed by atoms with Gasteiger partial charge in [0.1, 0.15) is 11.6 Å². The average molecular weight is 249 g/mol. The molecule has 1 atom stereocenters. The molecule has 1 unspecified atom stereocenters. The number of Topliss-reactive ketones (excluding diaryl/α,β-unsaturated/α-hetero) is 1. The number of aliphatic hydroxyl groups is 2. The quantitative estimate of drug-likeness (QED) is 0.433. The molecule has 18 heavy (non-hydrogen) atoms. The zero-order valence-corrected chi connectivity index (χ0v) is 10.2. The van der Waals surface area contributed by atoms with Crippen LogP contribution in [-0.2, 0) is 4.79 Å². The summed E-state index contributed by atoms with van der Waals surface area (Å²) in [6, 6.07) is 1.75. The van der Waals surface area contributed by atoms with E-state index in [1.165, 1.54) is 13.0 Å². The molecule has 0 aromatic carbocycles. The Hall–Kier alpha value is -2.42. The summed E-state index contributed by atoms with van der Waals surface area (Å²) in [5.74, 6) is -1.49. The van der Waals surface area contributed by atoms with Crippen molar-refractivity contribution in [1.82, 2.24) is 5.32 Å². The van der Waals surface area contributed by atoms with Crippen LogP contribution < -0.4 is 11.1 Å². The zero-order chi connectivity index (χ0) is 13.9. The minimum Gasteiger partial charge on any atom is -0.504 e. The Labute approximate surface area is 105 Å². The van der Waals surface area contributed by atoms with Gasteiger partial charge in [0.25, 0.3) is 0 Å². The molecule has 1 aliphatic rings. The number of aliphatic hydroxyl groups excluding tert-OH is 2. The SMILES string of the molecule is CNC1=C(O)C(O)=CC(/C(N)=C(\C#N)C(C)=O)C1. The minimum atomic E-state index is -0.498. The predicted octanol–water partition coefficient (Wildman–Crippen LogP) is 0.763. The highest BCUT2D eigenvalue weighted by Crippen LogP contribution is 2.28. The molecule has 0 bridgehead atoms. The van der Waals surface area contributed by atoms with Crippen LogP contribution >= 0.6 is 0 Å². The number of nitrogens with one attached hydrogen (secondary N) is 1. The van der Waals surface area contributed by atoms with E-state index in [2.05, 4.69) is 5.32 Å². The third-order valence-electron chi connectivity index (χ3n) is 2.77. The molecule has 0 aromatic heterocycles. The van der Waals surface area contributed by atoms with Crippen LogP contribution in [0.2, 0.25) is 0 Å². The Balaban J connectivity index is 3.17. The van der Waals surface area contributed by atoms with E-state index in [-0.39, 0.29) is 29.2 Å². The summed E-state index contributed by atoms with van der Waals surface area (Å²) in [5.41, 5.74) is 6.15. The molecular formula is C12H15N3O3. The second-order valence-corrected chi connectivity index (χ2v) is 3.94. The highest BCUT2D eigenvalue weighted by Gasteiger charge is 2.25. The van der Waals surface area contributed by atoms with Crippen molar-refractivity contribution in [2.75, 3.05) is 7.05 Å². The molecule has 0 saturated carbocycles. The van der Waals surface area contributed by atoms with E-state index >= 15 is 0 Å². The van der Waals surface area contributed by atoms with Crippen molar-refractivity contribution in [3.8, 4) is 6.07 Å². The van der Waals surface area contributed by atoms with Gasteiger partial charge in [0.05, 0.1) is 5.70 Å². The smallest absolute Gasteiger partial charge is 0.176 e. The molecule has 5 N–H and O–H groups in total. The molecule has 6 heteroatoms. The number of nitriles is 1. The highest BCUT2D eigenvalue weighted by atomic mass is 16.3. The lowest BCUT2D eigenvalue weighted by atomic mass is 9.90. The van der Waals surface area contributed by atoms with Gasteiger partial charge in [0, 0.05) is 25.1 Å². The normalized spacial score (nSPS) is 20.7. The first-order chi connectivity index (χ1) is 8.42. The number of nitrogens with zero attached hydrogens (tertiary/aromatic N) is 1. The molecule has 0 aliphatic heterocycles. The molecule has 6 nitrogen and oxygen atoms in total. The molecule has 0 fully saturated rings. The fourth-order valence-electron chi connectivity index (χ4n) is 1.75. The molecule has 1 rings (SSSR count). The summed E-state index contributed by atoms with van der Waals surface area (Å²) in [5, 5.41) is 30.7. The maximum atomic E-state index is 11.2. The number of carbonyl (C=O) groups excluding carboxylic acids is 1. The monoisotopic (exact) mass is 249 g/mol. The lowest BCUT2D eigenvalue weighted by molar-refractivity contribution is -0.113. The maximum absolute atomic E-state index is 11.2. The van der Waals surface area contributed by atoms with Crippen LogP contribution in [-0.4, -0.2) is 23.0 Å². The van der Waals surface area contributed by atoms with Crippen molar-refractivity contribution in [2.45, 2.75) is 13.3 Å². The van der Waals surface area contributed by atoms with Crippen molar-refractivity contribution in [1.29, 1.82) is 5.26 Å². The number of allylic oxidation sites excluding steroid dienone is 3. The van der Waals surface area contributed by atoms with Crippen LogP contribution in [0.3, 0.4) is 0 Å². The minimum absolute atomic E-state index is 0.0943. The van der Waals surface area contributed by atoms with E-state index in [9.17, 15) is 15.0 Å². The standard InChI is InChI=1S/C12H15N3O3/c1-6(16)8(5-13)11(14)7-3-9(15-2)12(18)10(17)4-7/h4,7,15,17-18H,3,14H2,1-2H3/b11-8-. The van der Waals surface area contributed by atoms with Gasteiger partial charge in [-0.25, -0.2) is 0 Å². The number of hydrogen-bond acceptors (Lipinski definition) is 6. The Kier molecular flexibility index (Phi) is 4.00. The fourth-order valence-corrected chi connectivity index (χ4v) is 1.75. The summed E-state index contributed by atoms with van der Waals surface area (Å²) in [6.07, 6.45) is 1.61. The Morgan fingerprint density at radius 3 is 2.67 bits per heavy atom. The summed E-state index contributed by atoms with van der Waals surface area (Å²) in [6.45, 7) is 1.25. The zero-order valence-electron chi connectivity index (χ0n) is 10.2. The summed E-state index contributed by atoms with van der Waals surface area (Å²) >= 11 is 0. The molecule has 0 spiro atoms. The van der Waals surface area contributed by atoms with Crippen LogP contribution in [0.25, 0.3) is 0 Å². The molecule has 0 radical (unpaired) electrons. The van der Waals surface area contributed by atoms with Crippen LogP contribution in [0.1, 0.15) is 13.3 Å². The van der Waals surface area contributed by atoms with Gasteiger partial charge in [-0.05, 0) is 13.0 Å². The summed E-state index contributed by atoms with van der Waals surface area (Å²) in [4.78, 5) is 11.2. The van der Waals surface area contributed by atoms with Gasteiger partial charge >= 0.3 is 0 Å². The van der Waals surface area contributed by atoms with Crippen LogP contribution in [0.5, 0.6) is 0 Å². The number of hydrogen-bond donors (Lipinski definition) is 4. The first-order valence-corrected chi connectivity index (χ1v) is 5.34. The van der Waals surface area contributed by atoms with E-state index < -0.39 is 11.7 Å². The first-order valence-electron chi connectivity index (χ1n) is 5.34. The van der Waals surface area contributed by atoms with E-state index in [1.807, 2.05) is 0 Å². The number of nitrogens with two attached hydrogens (primary N) is 1. The molecule has 1 aliphatic carbocycles. The van der Waals surface area contributed by atoms with Gasteiger partial charge in [0.15, 0.2) is 17.3 Å². The van der Waals surface area contributed by atoms with Gasteiger partial charge in [-0.1, -0.05) is 0 Å². The van der Waals surface area contributed by atoms with Gasteiger partial charge < -0.3 is 21.3 Å². The van der Waals surface area contributed by atoms with E-state index in [0.717, 1.165) is 0 Å². The number of ketones is 1. The largest absolute Gasteiger partial charge is 0.504 e. The lowest BCUT2D eigenvalue weighted by Crippen LogP contribution is -2.23. The van der Waals surface area contributed by atoms with Crippen molar-refractivity contribution < 1.29 is 15.0 Å². The van der Waals surface area contributed by atoms with E-state index in [4.69, 9.17) is 11.0 Å². The second kappa shape index (κ2) is 5.27. The number of rotatable bonds is 3. The predicted molar refractivity (Wildman–Crippen MR) is 65.0 cm³/mol. The van der Waals surface area contributed by atoms with E-state index in [1.54, 1.807) is 13.1 Å². The second-order valence-electron chi connectivity index (χ2n) is 3.94. The topological polar surface area (TPSA) is 119 Å². The van der Waals surface area contributed by atoms with Crippen LogP contribution in [0, 0.1) is 17.2 Å². The Bertz CT molecular complexity index is 509. The first kappa shape index (κ1) is 13.6. The summed E-state index contributed by atoms with van der Waals surface area (Å²) < 4.78 is 0. The van der Waals surface area contributed by atoms with Crippen LogP contribution in [0.15, 0.2) is 34.6 Å². The third-order valence-corrected chi connectivity index (χ3v) is 2.77. The van der Waals surface area contributed by atoms with Gasteiger partial charge in [-0.2, -0.15) is 5.26 Å². The number of carbonyl (C=O) groups is 1. The van der Waals surface area contributed by atoms with E-state index in [0.29, 0.717) is 5.70 Å². The summed E-state index contributed by atoms with van der Waals surface area (Å²) in [7, 11) is 1.59. The van der Waals surface area contributed by atoms with Crippen molar-refractivity contribution in [3.05, 3.63) is 34.6 Å². The molecule has 96 valence electrons. The Morgan fingerprint density at radius 2 is 2.22 bits per heavy atom. The van der Waals surface area contributed by atoms with Crippen molar-refractivity contribution in [2.24, 2.45) is 11.7 Å². The highest BCUT2D eigenvalue weighted by molar-refractivity contribution is 5.97. The lowest BCUT2D eigenvalue weighted by Gasteiger charge is -2.22. The fraction of sp³-hybridized carbons (Fsp3) is 0.333. The molecule has 0 saturated heterocycles. The molecule has 0 amide bonds. The van der Waals surface area contributed by atoms with Gasteiger partial charge in [0.2, 0.25) is 0 Å². The molecule has 0 aromatic rings. The third kappa shape index (κ3) is 2.46. The average Bonchev–Trinajstić information content (AvgIpc) is 2.32. The molecule has 0 heterocycles. The molecular weight excluding hydrogens is 234 g/mol. The van der Waals surface area contributed by atoms with Crippen molar-refractivity contribution >= 4 is 5.78 Å². The van der Waals surface area contributed by atoms with Crippen molar-refractivity contribution in [3.63, 3.8) is 0 Å². The maximum Gasteiger partial charge on any atom is 0.176 e. The van der Waals surface area contributed by atoms with Crippen LogP contribution in [0.4, 0.5) is 0 Å².